The molecule has 1 fully saturated rings. The van der Waals surface area contributed by atoms with Crippen LogP contribution in [0.2, 0.25) is 0 Å². The lowest BCUT2D eigenvalue weighted by atomic mass is 10.00. The van der Waals surface area contributed by atoms with E-state index in [1.165, 1.54) is 6.42 Å². The summed E-state index contributed by atoms with van der Waals surface area (Å²) in [5, 5.41) is 20.9. The van der Waals surface area contributed by atoms with Crippen LogP contribution in [0.4, 0.5) is 0 Å². The number of amides is 1. The van der Waals surface area contributed by atoms with E-state index in [1.807, 2.05) is 18.9 Å². The van der Waals surface area contributed by atoms with Crippen LogP contribution >= 0.6 is 0 Å². The second-order valence-corrected chi connectivity index (χ2v) is 6.67. The Kier molecular flexibility index (Phi) is 6.81. The molecule has 8 heteroatoms. The molecule has 1 aromatic rings. The fraction of sp³-hybridized carbons (Fsp3) is 0.706. The number of hydrogen-bond donors (Lipinski definition) is 3. The molecule has 8 nitrogen and oxygen atoms in total. The van der Waals surface area contributed by atoms with Gasteiger partial charge in [0.15, 0.2) is 5.96 Å². The first-order valence-corrected chi connectivity index (χ1v) is 8.94. The first-order valence-electron chi connectivity index (χ1n) is 8.94. The molecule has 25 heavy (non-hydrogen) atoms. The molecule has 1 atom stereocenters. The summed E-state index contributed by atoms with van der Waals surface area (Å²) < 4.78 is 1.65. The van der Waals surface area contributed by atoms with E-state index in [-0.39, 0.29) is 19.0 Å². The maximum Gasteiger partial charge on any atom is 0.244 e. The monoisotopic (exact) mass is 350 g/mol. The number of guanidine groups is 1. The average molecular weight is 350 g/mol. The van der Waals surface area contributed by atoms with Gasteiger partial charge < -0.3 is 20.6 Å². The second kappa shape index (κ2) is 8.84. The summed E-state index contributed by atoms with van der Waals surface area (Å²) in [6, 6.07) is 0. The Hall–Kier alpha value is -2.09. The molecule has 2 rings (SSSR count). The zero-order chi connectivity index (χ0) is 18.3. The van der Waals surface area contributed by atoms with Crippen LogP contribution in [0.5, 0.6) is 0 Å². The second-order valence-electron chi connectivity index (χ2n) is 6.67. The Bertz CT molecular complexity index is 590. The third-order valence-corrected chi connectivity index (χ3v) is 4.35. The van der Waals surface area contributed by atoms with E-state index in [2.05, 4.69) is 20.7 Å². The molecule has 0 radical (unpaired) electrons. The molecule has 0 aliphatic carbocycles. The third-order valence-electron chi connectivity index (χ3n) is 4.35. The van der Waals surface area contributed by atoms with Crippen LogP contribution in [0.15, 0.2) is 17.4 Å². The predicted molar refractivity (Wildman–Crippen MR) is 97.2 cm³/mol. The maximum atomic E-state index is 12.2. The molecule has 1 unspecified atom stereocenters. The van der Waals surface area contributed by atoms with Crippen molar-refractivity contribution in [2.45, 2.75) is 38.7 Å². The zero-order valence-corrected chi connectivity index (χ0v) is 15.5. The van der Waals surface area contributed by atoms with E-state index in [9.17, 15) is 9.90 Å². The Morgan fingerprint density at radius 3 is 2.68 bits per heavy atom. The van der Waals surface area contributed by atoms with E-state index in [0.29, 0.717) is 12.5 Å². The van der Waals surface area contributed by atoms with Gasteiger partial charge >= 0.3 is 0 Å². The van der Waals surface area contributed by atoms with Crippen molar-refractivity contribution in [1.82, 2.24) is 25.3 Å². The van der Waals surface area contributed by atoms with Crippen molar-refractivity contribution in [2.24, 2.45) is 12.0 Å². The quantitative estimate of drug-likeness (QED) is 0.503. The SMILES string of the molecule is CCNC(=NCC(=O)N1CCCCC1)NCC(C)(O)c1cnn(C)c1. The number of aromatic nitrogens is 2. The van der Waals surface area contributed by atoms with E-state index in [1.54, 1.807) is 24.0 Å². The molecule has 3 N–H and O–H groups in total. The summed E-state index contributed by atoms with van der Waals surface area (Å²) in [7, 11) is 1.81. The van der Waals surface area contributed by atoms with Crippen LogP contribution in [0, 0.1) is 0 Å². The van der Waals surface area contributed by atoms with Gasteiger partial charge in [0.05, 0.1) is 12.7 Å². The van der Waals surface area contributed by atoms with Crippen LogP contribution in [0.1, 0.15) is 38.7 Å². The van der Waals surface area contributed by atoms with Crippen LogP contribution in [0.3, 0.4) is 0 Å². The number of hydrogen-bond acceptors (Lipinski definition) is 4. The van der Waals surface area contributed by atoms with Gasteiger partial charge in [0, 0.05) is 38.4 Å². The highest BCUT2D eigenvalue weighted by atomic mass is 16.3. The highest BCUT2D eigenvalue weighted by Crippen LogP contribution is 2.18. The Morgan fingerprint density at radius 2 is 2.08 bits per heavy atom. The molecule has 0 spiro atoms. The van der Waals surface area contributed by atoms with Crippen molar-refractivity contribution in [2.75, 3.05) is 32.7 Å². The number of aliphatic imine (C=N–C) groups is 1. The summed E-state index contributed by atoms with van der Waals surface area (Å²) >= 11 is 0. The Balaban J connectivity index is 1.91. The molecule has 2 heterocycles. The van der Waals surface area contributed by atoms with Gasteiger partial charge in [-0.1, -0.05) is 0 Å². The molecule has 1 amide bonds. The predicted octanol–water partition coefficient (Wildman–Crippen LogP) is 0.195. The number of carbonyl (C=O) groups is 1. The highest BCUT2D eigenvalue weighted by molar-refractivity contribution is 5.85. The third kappa shape index (κ3) is 5.74. The van der Waals surface area contributed by atoms with Crippen molar-refractivity contribution < 1.29 is 9.90 Å². The van der Waals surface area contributed by atoms with Crippen LogP contribution < -0.4 is 10.6 Å². The molecule has 0 aromatic carbocycles. The molecule has 1 aliphatic rings. The number of aliphatic hydroxyl groups is 1. The van der Waals surface area contributed by atoms with Crippen molar-refractivity contribution in [3.8, 4) is 0 Å². The first-order chi connectivity index (χ1) is 11.9. The molecular formula is C17H30N6O2. The molecular weight excluding hydrogens is 320 g/mol. The zero-order valence-electron chi connectivity index (χ0n) is 15.5. The Morgan fingerprint density at radius 1 is 1.36 bits per heavy atom. The summed E-state index contributed by atoms with van der Waals surface area (Å²) in [6.07, 6.45) is 6.77. The van der Waals surface area contributed by atoms with Crippen molar-refractivity contribution in [3.05, 3.63) is 18.0 Å². The molecule has 1 aliphatic heterocycles. The summed E-state index contributed by atoms with van der Waals surface area (Å²) in [5.74, 6) is 0.577. The lowest BCUT2D eigenvalue weighted by Gasteiger charge is -2.26. The van der Waals surface area contributed by atoms with Gasteiger partial charge in [-0.2, -0.15) is 5.10 Å². The standard InChI is InChI=1S/C17H30N6O2/c1-4-18-16(19-11-15(24)23-8-6-5-7-9-23)20-13-17(2,25)14-10-21-22(3)12-14/h10,12,25H,4-9,11,13H2,1-3H3,(H2,18,19,20). The van der Waals surface area contributed by atoms with Crippen molar-refractivity contribution in [1.29, 1.82) is 0 Å². The number of aryl methyl sites for hydroxylation is 1. The van der Waals surface area contributed by atoms with Crippen molar-refractivity contribution in [3.63, 3.8) is 0 Å². The topological polar surface area (TPSA) is 94.8 Å². The van der Waals surface area contributed by atoms with Crippen molar-refractivity contribution >= 4 is 11.9 Å². The van der Waals surface area contributed by atoms with E-state index < -0.39 is 5.60 Å². The van der Waals surface area contributed by atoms with Gasteiger partial charge in [-0.15, -0.1) is 0 Å². The number of piperidine rings is 1. The van der Waals surface area contributed by atoms with Gasteiger partial charge in [0.1, 0.15) is 12.1 Å². The molecule has 1 aromatic heterocycles. The summed E-state index contributed by atoms with van der Waals surface area (Å²) in [5.41, 5.74) is -0.357. The number of nitrogens with one attached hydrogen (secondary N) is 2. The first kappa shape index (κ1) is 19.2. The van der Waals surface area contributed by atoms with Crippen LogP contribution in [-0.4, -0.2) is 64.4 Å². The molecule has 0 saturated carbocycles. The van der Waals surface area contributed by atoms with Crippen LogP contribution in [0.25, 0.3) is 0 Å². The van der Waals surface area contributed by atoms with Gasteiger partial charge in [-0.25, -0.2) is 4.99 Å². The van der Waals surface area contributed by atoms with Crippen LogP contribution in [-0.2, 0) is 17.4 Å². The minimum Gasteiger partial charge on any atom is -0.383 e. The fourth-order valence-corrected chi connectivity index (χ4v) is 2.79. The average Bonchev–Trinajstić information content (AvgIpc) is 3.05. The molecule has 140 valence electrons. The molecule has 1 saturated heterocycles. The minimum absolute atomic E-state index is 0.0518. The number of rotatable bonds is 6. The normalized spacial score (nSPS) is 17.9. The maximum absolute atomic E-state index is 12.2. The lowest BCUT2D eigenvalue weighted by Crippen LogP contribution is -2.45. The number of nitrogens with zero attached hydrogens (tertiary/aromatic N) is 4. The van der Waals surface area contributed by atoms with Gasteiger partial charge in [0.25, 0.3) is 0 Å². The largest absolute Gasteiger partial charge is 0.383 e. The van der Waals surface area contributed by atoms with Gasteiger partial charge in [-0.3, -0.25) is 9.48 Å². The van der Waals surface area contributed by atoms with E-state index in [0.717, 1.165) is 31.5 Å². The highest BCUT2D eigenvalue weighted by Gasteiger charge is 2.25. The number of likely N-dealkylation sites (tertiary alicyclic amines) is 1. The number of carbonyl (C=O) groups excluding carboxylic acids is 1. The Labute approximate surface area is 149 Å². The smallest absolute Gasteiger partial charge is 0.244 e. The molecule has 0 bridgehead atoms. The van der Waals surface area contributed by atoms with E-state index >= 15 is 0 Å². The fourth-order valence-electron chi connectivity index (χ4n) is 2.79. The van der Waals surface area contributed by atoms with Gasteiger partial charge in [-0.05, 0) is 33.1 Å². The lowest BCUT2D eigenvalue weighted by molar-refractivity contribution is -0.130. The summed E-state index contributed by atoms with van der Waals surface area (Å²) in [4.78, 5) is 18.5. The van der Waals surface area contributed by atoms with E-state index in [4.69, 9.17) is 0 Å². The summed E-state index contributed by atoms with van der Waals surface area (Å²) in [6.45, 7) is 6.40. The minimum atomic E-state index is -1.08. The van der Waals surface area contributed by atoms with Gasteiger partial charge in [0.2, 0.25) is 5.91 Å².